The first-order valence-electron chi connectivity index (χ1n) is 3.73. The summed E-state index contributed by atoms with van der Waals surface area (Å²) in [5.74, 6) is 0. The van der Waals surface area contributed by atoms with Crippen LogP contribution in [0.1, 0.15) is 23.2 Å². The first-order chi connectivity index (χ1) is 6.61. The van der Waals surface area contributed by atoms with E-state index in [0.717, 1.165) is 0 Å². The molecule has 1 rings (SSSR count). The molecule has 0 unspecified atom stereocenters. The molecule has 0 radical (unpaired) electrons. The lowest BCUT2D eigenvalue weighted by Crippen LogP contribution is -2.03. The van der Waals surface area contributed by atoms with Crippen molar-refractivity contribution in [1.29, 1.82) is 0 Å². The average molecular weight is 287 g/mol. The highest BCUT2D eigenvalue weighted by atomic mass is 79.9. The summed E-state index contributed by atoms with van der Waals surface area (Å²) in [6, 6.07) is 0. The highest BCUT2D eigenvalue weighted by Crippen LogP contribution is 2.31. The summed E-state index contributed by atoms with van der Waals surface area (Å²) >= 11 is 8.66. The summed E-state index contributed by atoms with van der Waals surface area (Å²) in [5, 5.41) is 9.14. The van der Waals surface area contributed by atoms with E-state index in [2.05, 4.69) is 20.9 Å². The first-order valence-corrected chi connectivity index (χ1v) is 5.22. The fourth-order valence-corrected chi connectivity index (χ4v) is 1.84. The van der Waals surface area contributed by atoms with Gasteiger partial charge in [-0.2, -0.15) is 0 Å². The van der Waals surface area contributed by atoms with Gasteiger partial charge in [-0.1, -0.05) is 27.5 Å². The molecule has 0 saturated heterocycles. The minimum absolute atomic E-state index is 0.101. The SMILES string of the molecule is OCc1c(CBr)ncc(Cl)c1C(F)F. The molecule has 0 aliphatic heterocycles. The summed E-state index contributed by atoms with van der Waals surface area (Å²) in [5.41, 5.74) is 0.148. The Bertz CT molecular complexity index is 335. The van der Waals surface area contributed by atoms with Crippen LogP contribution in [0.3, 0.4) is 0 Å². The van der Waals surface area contributed by atoms with Crippen molar-refractivity contribution in [1.82, 2.24) is 4.98 Å². The molecular formula is C8H7BrClF2NO. The Labute approximate surface area is 93.0 Å². The van der Waals surface area contributed by atoms with Crippen molar-refractivity contribution in [3.8, 4) is 0 Å². The molecule has 0 fully saturated rings. The molecule has 0 saturated carbocycles. The number of aliphatic hydroxyl groups is 1. The number of nitrogens with zero attached hydrogens (tertiary/aromatic N) is 1. The Morgan fingerprint density at radius 1 is 1.57 bits per heavy atom. The van der Waals surface area contributed by atoms with E-state index in [1.807, 2.05) is 0 Å². The third kappa shape index (κ3) is 2.21. The second kappa shape index (κ2) is 5.00. The maximum absolute atomic E-state index is 12.6. The smallest absolute Gasteiger partial charge is 0.265 e. The normalized spacial score (nSPS) is 11.0. The second-order valence-corrected chi connectivity index (χ2v) is 3.51. The Kier molecular flexibility index (Phi) is 4.22. The van der Waals surface area contributed by atoms with Crippen molar-refractivity contribution in [3.63, 3.8) is 0 Å². The lowest BCUT2D eigenvalue weighted by Gasteiger charge is -2.11. The van der Waals surface area contributed by atoms with Crippen molar-refractivity contribution in [3.05, 3.63) is 28.0 Å². The highest BCUT2D eigenvalue weighted by molar-refractivity contribution is 9.08. The largest absolute Gasteiger partial charge is 0.392 e. The maximum Gasteiger partial charge on any atom is 0.265 e. The number of hydrogen-bond acceptors (Lipinski definition) is 2. The Morgan fingerprint density at radius 3 is 2.64 bits per heavy atom. The number of hydrogen-bond donors (Lipinski definition) is 1. The molecule has 1 N–H and O–H groups in total. The molecule has 0 amide bonds. The van der Waals surface area contributed by atoms with Gasteiger partial charge in [-0.25, -0.2) is 8.78 Å². The zero-order valence-electron chi connectivity index (χ0n) is 6.98. The van der Waals surface area contributed by atoms with E-state index in [0.29, 0.717) is 11.0 Å². The van der Waals surface area contributed by atoms with Crippen LogP contribution in [0.4, 0.5) is 8.78 Å². The zero-order chi connectivity index (χ0) is 10.7. The Hall–Kier alpha value is -0.260. The van der Waals surface area contributed by atoms with E-state index in [1.54, 1.807) is 0 Å². The number of pyridine rings is 1. The molecular weight excluding hydrogens is 279 g/mol. The highest BCUT2D eigenvalue weighted by Gasteiger charge is 2.20. The van der Waals surface area contributed by atoms with Crippen LogP contribution >= 0.6 is 27.5 Å². The van der Waals surface area contributed by atoms with Crippen molar-refractivity contribution in [2.45, 2.75) is 18.4 Å². The monoisotopic (exact) mass is 285 g/mol. The third-order valence-electron chi connectivity index (χ3n) is 1.77. The van der Waals surface area contributed by atoms with E-state index in [9.17, 15) is 8.78 Å². The van der Waals surface area contributed by atoms with Crippen LogP contribution in [0.15, 0.2) is 6.20 Å². The van der Waals surface area contributed by atoms with E-state index >= 15 is 0 Å². The lowest BCUT2D eigenvalue weighted by atomic mass is 10.1. The summed E-state index contributed by atoms with van der Waals surface area (Å²) in [6.07, 6.45) is -1.54. The van der Waals surface area contributed by atoms with Crippen molar-refractivity contribution >= 4 is 27.5 Å². The number of aliphatic hydroxyl groups excluding tert-OH is 1. The van der Waals surface area contributed by atoms with Gasteiger partial charge >= 0.3 is 0 Å². The summed E-state index contributed by atoms with van der Waals surface area (Å²) < 4.78 is 25.1. The number of aromatic nitrogens is 1. The average Bonchev–Trinajstić information content (AvgIpc) is 2.16. The predicted molar refractivity (Wildman–Crippen MR) is 52.8 cm³/mol. The molecule has 0 aliphatic carbocycles. The molecule has 1 aromatic heterocycles. The fraction of sp³-hybridized carbons (Fsp3) is 0.375. The maximum atomic E-state index is 12.6. The van der Waals surface area contributed by atoms with Gasteiger partial charge in [-0.05, 0) is 0 Å². The first kappa shape index (κ1) is 11.8. The van der Waals surface area contributed by atoms with E-state index in [4.69, 9.17) is 16.7 Å². The molecule has 6 heteroatoms. The Balaban J connectivity index is 3.35. The van der Waals surface area contributed by atoms with Gasteiger partial charge in [0, 0.05) is 22.7 Å². The molecule has 78 valence electrons. The zero-order valence-corrected chi connectivity index (χ0v) is 9.32. The molecule has 1 heterocycles. The minimum Gasteiger partial charge on any atom is -0.392 e. The summed E-state index contributed by atoms with van der Waals surface area (Å²) in [4.78, 5) is 3.84. The van der Waals surface area contributed by atoms with E-state index < -0.39 is 13.0 Å². The summed E-state index contributed by atoms with van der Waals surface area (Å²) in [6.45, 7) is -0.492. The van der Waals surface area contributed by atoms with Gasteiger partial charge < -0.3 is 5.11 Å². The van der Waals surface area contributed by atoms with Gasteiger partial charge in [-0.3, -0.25) is 4.98 Å². The standard InChI is InChI=1S/C8H7BrClF2NO/c9-1-6-4(3-14)7(8(11)12)5(10)2-13-6/h2,8,14H,1,3H2. The third-order valence-corrected chi connectivity index (χ3v) is 2.60. The number of halogens is 4. The lowest BCUT2D eigenvalue weighted by molar-refractivity contribution is 0.147. The number of alkyl halides is 3. The number of rotatable bonds is 3. The van der Waals surface area contributed by atoms with Crippen molar-refractivity contribution in [2.24, 2.45) is 0 Å². The molecule has 14 heavy (non-hydrogen) atoms. The van der Waals surface area contributed by atoms with E-state index in [1.165, 1.54) is 6.20 Å². The van der Waals surface area contributed by atoms with Crippen LogP contribution in [0.25, 0.3) is 0 Å². The Morgan fingerprint density at radius 2 is 2.21 bits per heavy atom. The molecule has 0 bridgehead atoms. The van der Waals surface area contributed by atoms with Crippen LogP contribution in [0, 0.1) is 0 Å². The summed E-state index contributed by atoms with van der Waals surface area (Å²) in [7, 11) is 0. The van der Waals surface area contributed by atoms with Gasteiger partial charge in [0.05, 0.1) is 17.3 Å². The molecule has 0 aliphatic rings. The topological polar surface area (TPSA) is 33.1 Å². The predicted octanol–water partition coefficient (Wildman–Crippen LogP) is 3.06. The fourth-order valence-electron chi connectivity index (χ4n) is 1.11. The molecule has 0 atom stereocenters. The van der Waals surface area contributed by atoms with Crippen LogP contribution in [-0.4, -0.2) is 10.1 Å². The van der Waals surface area contributed by atoms with Gasteiger partial charge in [0.15, 0.2) is 0 Å². The molecule has 0 aromatic carbocycles. The van der Waals surface area contributed by atoms with Crippen LogP contribution in [-0.2, 0) is 11.9 Å². The van der Waals surface area contributed by atoms with Crippen LogP contribution < -0.4 is 0 Å². The van der Waals surface area contributed by atoms with Crippen molar-refractivity contribution < 1.29 is 13.9 Å². The molecule has 2 nitrogen and oxygen atoms in total. The van der Waals surface area contributed by atoms with Gasteiger partial charge in [0.25, 0.3) is 6.43 Å². The van der Waals surface area contributed by atoms with Crippen LogP contribution in [0.5, 0.6) is 0 Å². The van der Waals surface area contributed by atoms with Crippen molar-refractivity contribution in [2.75, 3.05) is 0 Å². The second-order valence-electron chi connectivity index (χ2n) is 2.54. The van der Waals surface area contributed by atoms with Gasteiger partial charge in [0.2, 0.25) is 0 Å². The van der Waals surface area contributed by atoms with Gasteiger partial charge in [-0.15, -0.1) is 0 Å². The minimum atomic E-state index is -2.70. The van der Waals surface area contributed by atoms with Gasteiger partial charge in [0.1, 0.15) is 0 Å². The molecule has 1 aromatic rings. The van der Waals surface area contributed by atoms with Crippen LogP contribution in [0.2, 0.25) is 5.02 Å². The quantitative estimate of drug-likeness (QED) is 0.866. The molecule has 0 spiro atoms. The van der Waals surface area contributed by atoms with E-state index in [-0.39, 0.29) is 16.1 Å².